The van der Waals surface area contributed by atoms with Crippen LogP contribution < -0.4 is 5.32 Å². The summed E-state index contributed by atoms with van der Waals surface area (Å²) in [4.78, 5) is 0. The lowest BCUT2D eigenvalue weighted by atomic mass is 10.0. The average molecular weight is 185 g/mol. The Morgan fingerprint density at radius 1 is 1.00 bits per heavy atom. The molecular weight excluding hydrogens is 158 g/mol. The maximum absolute atomic E-state index is 3.48. The molecule has 0 spiro atoms. The molecule has 13 heavy (non-hydrogen) atoms. The Morgan fingerprint density at radius 2 is 1.77 bits per heavy atom. The van der Waals surface area contributed by atoms with Gasteiger partial charge in [-0.3, -0.25) is 0 Å². The quantitative estimate of drug-likeness (QED) is 0.541. The Morgan fingerprint density at radius 3 is 2.38 bits per heavy atom. The van der Waals surface area contributed by atoms with Crippen LogP contribution in [0.3, 0.4) is 0 Å². The zero-order chi connectivity index (χ0) is 9.94. The molecule has 0 aromatic carbocycles. The summed E-state index contributed by atoms with van der Waals surface area (Å²) in [5.74, 6) is 0.864. The van der Waals surface area contributed by atoms with Crippen molar-refractivity contribution in [2.45, 2.75) is 59.3 Å². The van der Waals surface area contributed by atoms with Crippen molar-refractivity contribution < 1.29 is 0 Å². The van der Waals surface area contributed by atoms with Gasteiger partial charge in [-0.05, 0) is 31.8 Å². The molecule has 0 radical (unpaired) electrons. The highest BCUT2D eigenvalue weighted by Crippen LogP contribution is 2.09. The van der Waals surface area contributed by atoms with E-state index < -0.39 is 0 Å². The van der Waals surface area contributed by atoms with Gasteiger partial charge in [-0.1, -0.05) is 46.5 Å². The number of hydrogen-bond donors (Lipinski definition) is 1. The second-order valence-electron chi connectivity index (χ2n) is 4.16. The standard InChI is InChI=1S/C12H27N/c1-4-6-7-8-9-12(3)11-13-10-5-2/h12-13H,4-11H2,1-3H3. The lowest BCUT2D eigenvalue weighted by Crippen LogP contribution is -2.21. The largest absolute Gasteiger partial charge is 0.316 e. The monoisotopic (exact) mass is 185 g/mol. The first-order valence-corrected chi connectivity index (χ1v) is 6.02. The third kappa shape index (κ3) is 9.88. The van der Waals surface area contributed by atoms with Gasteiger partial charge in [-0.2, -0.15) is 0 Å². The fourth-order valence-corrected chi connectivity index (χ4v) is 1.55. The van der Waals surface area contributed by atoms with Gasteiger partial charge in [-0.25, -0.2) is 0 Å². The van der Waals surface area contributed by atoms with Gasteiger partial charge in [-0.15, -0.1) is 0 Å². The molecule has 0 fully saturated rings. The van der Waals surface area contributed by atoms with E-state index in [-0.39, 0.29) is 0 Å². The van der Waals surface area contributed by atoms with E-state index >= 15 is 0 Å². The van der Waals surface area contributed by atoms with Crippen LogP contribution in [0, 0.1) is 5.92 Å². The van der Waals surface area contributed by atoms with Gasteiger partial charge in [0.05, 0.1) is 0 Å². The Bertz CT molecular complexity index is 91.1. The molecule has 0 aliphatic carbocycles. The topological polar surface area (TPSA) is 12.0 Å². The summed E-state index contributed by atoms with van der Waals surface area (Å²) in [6.45, 7) is 9.24. The number of unbranched alkanes of at least 4 members (excludes halogenated alkanes) is 3. The minimum Gasteiger partial charge on any atom is -0.316 e. The van der Waals surface area contributed by atoms with Crippen LogP contribution >= 0.6 is 0 Å². The smallest absolute Gasteiger partial charge is 0.00232 e. The summed E-state index contributed by atoms with van der Waals surface area (Å²) >= 11 is 0. The van der Waals surface area contributed by atoms with Gasteiger partial charge in [0.2, 0.25) is 0 Å². The fraction of sp³-hybridized carbons (Fsp3) is 1.00. The van der Waals surface area contributed by atoms with Gasteiger partial charge >= 0.3 is 0 Å². The minimum atomic E-state index is 0.864. The van der Waals surface area contributed by atoms with E-state index in [1.165, 1.54) is 51.6 Å². The summed E-state index contributed by atoms with van der Waals surface area (Å²) in [5, 5.41) is 3.48. The van der Waals surface area contributed by atoms with E-state index in [2.05, 4.69) is 26.1 Å². The molecule has 1 nitrogen and oxygen atoms in total. The second-order valence-corrected chi connectivity index (χ2v) is 4.16. The predicted octanol–water partition coefficient (Wildman–Crippen LogP) is 3.59. The van der Waals surface area contributed by atoms with Crippen molar-refractivity contribution in [3.63, 3.8) is 0 Å². The molecule has 0 aliphatic heterocycles. The zero-order valence-electron chi connectivity index (χ0n) is 9.73. The van der Waals surface area contributed by atoms with Crippen LogP contribution in [0.1, 0.15) is 59.3 Å². The molecule has 1 N–H and O–H groups in total. The Balaban J connectivity index is 3.05. The number of hydrogen-bond acceptors (Lipinski definition) is 1. The average Bonchev–Trinajstić information content (AvgIpc) is 2.13. The van der Waals surface area contributed by atoms with Crippen LogP contribution in [0.5, 0.6) is 0 Å². The molecule has 0 aliphatic rings. The van der Waals surface area contributed by atoms with Crippen LogP contribution in [0.4, 0.5) is 0 Å². The molecule has 1 heteroatoms. The van der Waals surface area contributed by atoms with Gasteiger partial charge in [0.15, 0.2) is 0 Å². The highest BCUT2D eigenvalue weighted by molar-refractivity contribution is 4.57. The van der Waals surface area contributed by atoms with Crippen molar-refractivity contribution in [2.75, 3.05) is 13.1 Å². The summed E-state index contributed by atoms with van der Waals surface area (Å²) in [5.41, 5.74) is 0. The van der Waals surface area contributed by atoms with E-state index in [1.807, 2.05) is 0 Å². The normalized spacial score (nSPS) is 13.2. The highest BCUT2D eigenvalue weighted by Gasteiger charge is 2.00. The maximum Gasteiger partial charge on any atom is -0.00232 e. The lowest BCUT2D eigenvalue weighted by Gasteiger charge is -2.11. The molecule has 0 amide bonds. The molecule has 1 unspecified atom stereocenters. The molecule has 0 saturated carbocycles. The van der Waals surface area contributed by atoms with E-state index in [9.17, 15) is 0 Å². The third-order valence-corrected chi connectivity index (χ3v) is 2.47. The minimum absolute atomic E-state index is 0.864. The summed E-state index contributed by atoms with van der Waals surface area (Å²) in [6.07, 6.45) is 8.26. The van der Waals surface area contributed by atoms with Crippen LogP contribution in [0.25, 0.3) is 0 Å². The second kappa shape index (κ2) is 10.0. The molecular formula is C12H27N. The molecule has 0 aromatic heterocycles. The summed E-state index contributed by atoms with van der Waals surface area (Å²) in [6, 6.07) is 0. The fourth-order valence-electron chi connectivity index (χ4n) is 1.55. The number of nitrogens with one attached hydrogen (secondary N) is 1. The van der Waals surface area contributed by atoms with Crippen molar-refractivity contribution in [3.05, 3.63) is 0 Å². The summed E-state index contributed by atoms with van der Waals surface area (Å²) < 4.78 is 0. The molecule has 1 atom stereocenters. The molecule has 0 aromatic rings. The van der Waals surface area contributed by atoms with Gasteiger partial charge in [0.25, 0.3) is 0 Å². The van der Waals surface area contributed by atoms with Gasteiger partial charge in [0.1, 0.15) is 0 Å². The molecule has 0 saturated heterocycles. The van der Waals surface area contributed by atoms with E-state index in [0.29, 0.717) is 0 Å². The van der Waals surface area contributed by atoms with Crippen molar-refractivity contribution in [1.82, 2.24) is 5.32 Å². The lowest BCUT2D eigenvalue weighted by molar-refractivity contribution is 0.454. The SMILES string of the molecule is CCCCCCC(C)CNCCC. The number of rotatable bonds is 9. The summed E-state index contributed by atoms with van der Waals surface area (Å²) in [7, 11) is 0. The molecule has 80 valence electrons. The van der Waals surface area contributed by atoms with Crippen molar-refractivity contribution >= 4 is 0 Å². The highest BCUT2D eigenvalue weighted by atomic mass is 14.8. The van der Waals surface area contributed by atoms with Crippen molar-refractivity contribution in [2.24, 2.45) is 5.92 Å². The first kappa shape index (κ1) is 13.0. The van der Waals surface area contributed by atoms with Gasteiger partial charge < -0.3 is 5.32 Å². The van der Waals surface area contributed by atoms with Crippen molar-refractivity contribution in [3.8, 4) is 0 Å². The van der Waals surface area contributed by atoms with Crippen LogP contribution in [-0.4, -0.2) is 13.1 Å². The third-order valence-electron chi connectivity index (χ3n) is 2.47. The molecule has 0 rings (SSSR count). The first-order chi connectivity index (χ1) is 6.31. The Labute approximate surface area is 84.3 Å². The predicted molar refractivity (Wildman–Crippen MR) is 61.1 cm³/mol. The Kier molecular flexibility index (Phi) is 10.0. The van der Waals surface area contributed by atoms with Crippen molar-refractivity contribution in [1.29, 1.82) is 0 Å². The van der Waals surface area contributed by atoms with Crippen LogP contribution in [-0.2, 0) is 0 Å². The van der Waals surface area contributed by atoms with E-state index in [1.54, 1.807) is 0 Å². The molecule has 0 heterocycles. The van der Waals surface area contributed by atoms with E-state index in [0.717, 1.165) is 5.92 Å². The van der Waals surface area contributed by atoms with Gasteiger partial charge in [0, 0.05) is 0 Å². The molecule has 0 bridgehead atoms. The zero-order valence-corrected chi connectivity index (χ0v) is 9.73. The van der Waals surface area contributed by atoms with E-state index in [4.69, 9.17) is 0 Å². The maximum atomic E-state index is 3.48. The Hall–Kier alpha value is -0.0400. The van der Waals surface area contributed by atoms with Crippen LogP contribution in [0.15, 0.2) is 0 Å². The first-order valence-electron chi connectivity index (χ1n) is 6.02. The van der Waals surface area contributed by atoms with Crippen LogP contribution in [0.2, 0.25) is 0 Å².